The van der Waals surface area contributed by atoms with Crippen LogP contribution in [0.25, 0.3) is 22.5 Å². The average molecular weight is 418 g/mol. The molecule has 1 aliphatic carbocycles. The van der Waals surface area contributed by atoms with Gasteiger partial charge in [0.1, 0.15) is 5.65 Å². The van der Waals surface area contributed by atoms with Crippen LogP contribution in [0.4, 0.5) is 0 Å². The third-order valence-electron chi connectivity index (χ3n) is 6.12. The van der Waals surface area contributed by atoms with Gasteiger partial charge in [-0.3, -0.25) is 14.1 Å². The quantitative estimate of drug-likeness (QED) is 0.546. The van der Waals surface area contributed by atoms with Gasteiger partial charge in [-0.1, -0.05) is 25.1 Å². The van der Waals surface area contributed by atoms with Crippen LogP contribution >= 0.6 is 11.8 Å². The molecule has 5 heteroatoms. The third-order valence-corrected chi connectivity index (χ3v) is 7.16. The summed E-state index contributed by atoms with van der Waals surface area (Å²) in [5, 5.41) is 0. The first kappa shape index (κ1) is 19.6. The van der Waals surface area contributed by atoms with Crippen molar-refractivity contribution in [1.29, 1.82) is 0 Å². The van der Waals surface area contributed by atoms with Gasteiger partial charge < -0.3 is 0 Å². The molecule has 1 aromatic carbocycles. The number of aromatic nitrogens is 2. The second-order valence-electron chi connectivity index (χ2n) is 8.24. The fraction of sp³-hybridized carbons (Fsp3) is 0.360. The Morgan fingerprint density at radius 2 is 1.97 bits per heavy atom. The normalized spacial score (nSPS) is 17.3. The summed E-state index contributed by atoms with van der Waals surface area (Å²) < 4.78 is 1.68. The molecule has 30 heavy (non-hydrogen) atoms. The van der Waals surface area contributed by atoms with Crippen molar-refractivity contribution in [2.24, 2.45) is 0 Å². The van der Waals surface area contributed by atoms with Crippen LogP contribution in [0.15, 0.2) is 58.4 Å². The molecule has 1 saturated carbocycles. The highest BCUT2D eigenvalue weighted by Crippen LogP contribution is 2.31. The Hall–Kier alpha value is -2.37. The lowest BCUT2D eigenvalue weighted by atomic mass is 10.0. The number of pyridine rings is 1. The van der Waals surface area contributed by atoms with E-state index in [4.69, 9.17) is 4.98 Å². The molecular formula is C25H27N3OS. The van der Waals surface area contributed by atoms with Crippen molar-refractivity contribution >= 4 is 23.0 Å². The summed E-state index contributed by atoms with van der Waals surface area (Å²) in [4.78, 5) is 21.5. The van der Waals surface area contributed by atoms with Gasteiger partial charge >= 0.3 is 0 Å². The van der Waals surface area contributed by atoms with Gasteiger partial charge in [0.15, 0.2) is 0 Å². The molecule has 3 heterocycles. The third kappa shape index (κ3) is 3.84. The fourth-order valence-corrected chi connectivity index (χ4v) is 5.05. The molecular weight excluding hydrogens is 390 g/mol. The Morgan fingerprint density at radius 1 is 1.13 bits per heavy atom. The lowest BCUT2D eigenvalue weighted by molar-refractivity contribution is 0.291. The predicted octanol–water partition coefficient (Wildman–Crippen LogP) is 5.03. The van der Waals surface area contributed by atoms with Gasteiger partial charge in [0.05, 0.1) is 5.69 Å². The number of nitrogens with zero attached hydrogens (tertiary/aromatic N) is 3. The number of fused-ring (bicyclic) bond motifs is 1. The first-order valence-corrected chi connectivity index (χ1v) is 11.8. The van der Waals surface area contributed by atoms with E-state index in [1.807, 2.05) is 24.0 Å². The van der Waals surface area contributed by atoms with Crippen molar-refractivity contribution in [3.05, 3.63) is 70.2 Å². The Bertz CT molecular complexity index is 1190. The highest BCUT2D eigenvalue weighted by Gasteiger charge is 2.29. The molecule has 2 aliphatic rings. The van der Waals surface area contributed by atoms with E-state index in [9.17, 15) is 4.79 Å². The fourth-order valence-electron chi connectivity index (χ4n) is 4.23. The van der Waals surface area contributed by atoms with E-state index in [0.29, 0.717) is 5.65 Å². The van der Waals surface area contributed by atoms with E-state index in [-0.39, 0.29) is 5.56 Å². The molecule has 0 bridgehead atoms. The number of thioether (sulfide) groups is 1. The molecule has 0 spiro atoms. The Kier molecular flexibility index (Phi) is 5.25. The van der Waals surface area contributed by atoms with Gasteiger partial charge in [-0.2, -0.15) is 0 Å². The summed E-state index contributed by atoms with van der Waals surface area (Å²) in [6.45, 7) is 6.41. The van der Waals surface area contributed by atoms with Crippen LogP contribution < -0.4 is 5.56 Å². The summed E-state index contributed by atoms with van der Waals surface area (Å²) in [5.74, 6) is 1.02. The van der Waals surface area contributed by atoms with Crippen molar-refractivity contribution in [3.8, 4) is 11.3 Å². The maximum atomic E-state index is 12.9. The zero-order chi connectivity index (χ0) is 20.7. The molecule has 3 aromatic rings. The van der Waals surface area contributed by atoms with Crippen LogP contribution in [0.1, 0.15) is 37.3 Å². The highest BCUT2D eigenvalue weighted by atomic mass is 32.2. The lowest BCUT2D eigenvalue weighted by Gasteiger charge is -2.26. The summed E-state index contributed by atoms with van der Waals surface area (Å²) in [6, 6.07) is 12.9. The van der Waals surface area contributed by atoms with Gasteiger partial charge in [0, 0.05) is 41.9 Å². The Balaban J connectivity index is 1.48. The Morgan fingerprint density at radius 3 is 2.70 bits per heavy atom. The van der Waals surface area contributed by atoms with Crippen molar-refractivity contribution < 1.29 is 0 Å². The zero-order valence-corrected chi connectivity index (χ0v) is 18.4. The van der Waals surface area contributed by atoms with E-state index in [1.54, 1.807) is 10.5 Å². The maximum absolute atomic E-state index is 12.9. The molecule has 0 radical (unpaired) electrons. The second-order valence-corrected chi connectivity index (χ2v) is 9.55. The van der Waals surface area contributed by atoms with Gasteiger partial charge in [-0.05, 0) is 66.8 Å². The molecule has 0 saturated heterocycles. The Labute approximate surface area is 181 Å². The highest BCUT2D eigenvalue weighted by molar-refractivity contribution is 7.99. The summed E-state index contributed by atoms with van der Waals surface area (Å²) in [7, 11) is 0. The first-order chi connectivity index (χ1) is 14.6. The number of benzene rings is 1. The summed E-state index contributed by atoms with van der Waals surface area (Å²) in [5.41, 5.74) is 6.13. The van der Waals surface area contributed by atoms with Gasteiger partial charge in [-0.15, -0.1) is 11.8 Å². The molecule has 4 nitrogen and oxygen atoms in total. The number of rotatable bonds is 5. The lowest BCUT2D eigenvalue weighted by Crippen LogP contribution is -2.30. The van der Waals surface area contributed by atoms with E-state index < -0.39 is 0 Å². The smallest absolute Gasteiger partial charge is 0.258 e. The minimum Gasteiger partial charge on any atom is -0.296 e. The summed E-state index contributed by atoms with van der Waals surface area (Å²) >= 11 is 1.82. The number of hydrogen-bond donors (Lipinski definition) is 0. The van der Waals surface area contributed by atoms with Crippen molar-refractivity contribution in [3.63, 3.8) is 0 Å². The van der Waals surface area contributed by atoms with Gasteiger partial charge in [-0.25, -0.2) is 4.98 Å². The van der Waals surface area contributed by atoms with E-state index in [0.717, 1.165) is 48.1 Å². The molecule has 0 unspecified atom stereocenters. The van der Waals surface area contributed by atoms with Crippen molar-refractivity contribution in [1.82, 2.24) is 14.3 Å². The van der Waals surface area contributed by atoms with Gasteiger partial charge in [0.25, 0.3) is 5.56 Å². The SMILES string of the molecule is CCSc1cc(-c2cc(=O)n3cc(C4=CCN(C5CC5)CC4)ccc3n2)ccc1C. The van der Waals surface area contributed by atoms with Crippen LogP contribution in [-0.2, 0) is 0 Å². The van der Waals surface area contributed by atoms with Crippen LogP contribution in [0.2, 0.25) is 0 Å². The standard InChI is InChI=1S/C25H27N3OS/c1-3-30-23-14-19(5-4-17(23)2)22-15-25(29)28-16-20(6-9-24(28)26-22)18-10-12-27(13-11-18)21-7-8-21/h4-6,9-10,14-16,21H,3,7-8,11-13H2,1-2H3. The minimum absolute atomic E-state index is 0.0295. The molecule has 2 aromatic heterocycles. The molecule has 0 N–H and O–H groups in total. The van der Waals surface area contributed by atoms with Crippen LogP contribution in [0.3, 0.4) is 0 Å². The first-order valence-electron chi connectivity index (χ1n) is 10.8. The molecule has 0 atom stereocenters. The maximum Gasteiger partial charge on any atom is 0.258 e. The largest absolute Gasteiger partial charge is 0.296 e. The molecule has 1 aliphatic heterocycles. The number of aryl methyl sites for hydroxylation is 1. The second kappa shape index (κ2) is 8.05. The predicted molar refractivity (Wildman–Crippen MR) is 125 cm³/mol. The van der Waals surface area contributed by atoms with Crippen LogP contribution in [0, 0.1) is 6.92 Å². The summed E-state index contributed by atoms with van der Waals surface area (Å²) in [6.07, 6.45) is 8.03. The molecule has 1 fully saturated rings. The monoisotopic (exact) mass is 417 g/mol. The van der Waals surface area contributed by atoms with E-state index >= 15 is 0 Å². The van der Waals surface area contributed by atoms with E-state index in [2.05, 4.69) is 49.1 Å². The van der Waals surface area contributed by atoms with Gasteiger partial charge in [0.2, 0.25) is 0 Å². The van der Waals surface area contributed by atoms with Crippen molar-refractivity contribution in [2.45, 2.75) is 44.0 Å². The van der Waals surface area contributed by atoms with Crippen LogP contribution in [0.5, 0.6) is 0 Å². The van der Waals surface area contributed by atoms with E-state index in [1.165, 1.54) is 28.9 Å². The number of hydrogen-bond acceptors (Lipinski definition) is 4. The average Bonchev–Trinajstić information content (AvgIpc) is 3.61. The molecule has 5 rings (SSSR count). The van der Waals surface area contributed by atoms with Crippen molar-refractivity contribution in [2.75, 3.05) is 18.8 Å². The topological polar surface area (TPSA) is 37.6 Å². The minimum atomic E-state index is -0.0295. The molecule has 0 amide bonds. The molecule has 154 valence electrons. The zero-order valence-electron chi connectivity index (χ0n) is 17.6. The van der Waals surface area contributed by atoms with Crippen LogP contribution in [-0.4, -0.2) is 39.2 Å².